The van der Waals surface area contributed by atoms with Gasteiger partial charge in [-0.25, -0.2) is 8.78 Å². The Kier molecular flexibility index (Phi) is 4.68. The number of hydrogen-bond acceptors (Lipinski definition) is 2. The zero-order valence-corrected chi connectivity index (χ0v) is 11.8. The Labute approximate surface area is 122 Å². The SMILES string of the molecule is O=C(COc1ccc(F)cc1Br)Nc1ccc(F)cc1. The maximum Gasteiger partial charge on any atom is 0.262 e. The van der Waals surface area contributed by atoms with Crippen molar-refractivity contribution < 1.29 is 18.3 Å². The van der Waals surface area contributed by atoms with Gasteiger partial charge in [0.15, 0.2) is 6.61 Å². The van der Waals surface area contributed by atoms with Gasteiger partial charge >= 0.3 is 0 Å². The predicted octanol–water partition coefficient (Wildman–Crippen LogP) is 3.74. The van der Waals surface area contributed by atoms with E-state index in [0.717, 1.165) is 0 Å². The Bertz CT molecular complexity index is 617. The summed E-state index contributed by atoms with van der Waals surface area (Å²) in [5.74, 6) is -0.817. The first-order valence-electron chi connectivity index (χ1n) is 5.68. The van der Waals surface area contributed by atoms with Crippen LogP contribution in [0.5, 0.6) is 5.75 Å². The molecule has 20 heavy (non-hydrogen) atoms. The summed E-state index contributed by atoms with van der Waals surface area (Å²) in [5.41, 5.74) is 0.471. The van der Waals surface area contributed by atoms with Crippen molar-refractivity contribution in [2.75, 3.05) is 11.9 Å². The molecule has 0 atom stereocenters. The lowest BCUT2D eigenvalue weighted by Gasteiger charge is -2.09. The minimum absolute atomic E-state index is 0.235. The van der Waals surface area contributed by atoms with Crippen LogP contribution in [0.3, 0.4) is 0 Å². The lowest BCUT2D eigenvalue weighted by molar-refractivity contribution is -0.118. The van der Waals surface area contributed by atoms with E-state index in [1.54, 1.807) is 0 Å². The lowest BCUT2D eigenvalue weighted by Crippen LogP contribution is -2.20. The molecule has 0 aromatic heterocycles. The van der Waals surface area contributed by atoms with E-state index >= 15 is 0 Å². The molecule has 1 N–H and O–H groups in total. The highest BCUT2D eigenvalue weighted by molar-refractivity contribution is 9.10. The molecule has 0 saturated carbocycles. The highest BCUT2D eigenvalue weighted by atomic mass is 79.9. The molecule has 0 unspecified atom stereocenters. The molecule has 0 fully saturated rings. The van der Waals surface area contributed by atoms with Crippen molar-refractivity contribution >= 4 is 27.5 Å². The van der Waals surface area contributed by atoms with Crippen molar-refractivity contribution in [3.8, 4) is 5.75 Å². The van der Waals surface area contributed by atoms with Crippen molar-refractivity contribution in [1.82, 2.24) is 0 Å². The molecule has 0 aliphatic carbocycles. The number of amides is 1. The van der Waals surface area contributed by atoms with Crippen LogP contribution < -0.4 is 10.1 Å². The second-order valence-corrected chi connectivity index (χ2v) is 4.77. The fraction of sp³-hybridized carbons (Fsp3) is 0.0714. The van der Waals surface area contributed by atoms with Gasteiger partial charge in [-0.3, -0.25) is 4.79 Å². The van der Waals surface area contributed by atoms with E-state index in [1.165, 1.54) is 42.5 Å². The van der Waals surface area contributed by atoms with Gasteiger partial charge < -0.3 is 10.1 Å². The lowest BCUT2D eigenvalue weighted by atomic mass is 10.3. The van der Waals surface area contributed by atoms with Gasteiger partial charge in [-0.05, 0) is 58.4 Å². The third-order valence-electron chi connectivity index (χ3n) is 2.38. The van der Waals surface area contributed by atoms with Crippen LogP contribution in [0.4, 0.5) is 14.5 Å². The van der Waals surface area contributed by atoms with Crippen LogP contribution in [0, 0.1) is 11.6 Å². The van der Waals surface area contributed by atoms with Crippen molar-refractivity contribution in [1.29, 1.82) is 0 Å². The fourth-order valence-electron chi connectivity index (χ4n) is 1.47. The van der Waals surface area contributed by atoms with Crippen LogP contribution in [0.25, 0.3) is 0 Å². The molecule has 6 heteroatoms. The van der Waals surface area contributed by atoms with E-state index < -0.39 is 11.7 Å². The third-order valence-corrected chi connectivity index (χ3v) is 3.00. The second-order valence-electron chi connectivity index (χ2n) is 3.92. The van der Waals surface area contributed by atoms with E-state index in [1.807, 2.05) is 0 Å². The first kappa shape index (κ1) is 14.5. The van der Waals surface area contributed by atoms with Gasteiger partial charge in [0, 0.05) is 5.69 Å². The van der Waals surface area contributed by atoms with Gasteiger partial charge in [0.25, 0.3) is 5.91 Å². The van der Waals surface area contributed by atoms with E-state index in [-0.39, 0.29) is 12.4 Å². The average Bonchev–Trinajstić information content (AvgIpc) is 2.40. The number of nitrogens with one attached hydrogen (secondary N) is 1. The summed E-state index contributed by atoms with van der Waals surface area (Å²) < 4.78 is 31.2. The standard InChI is InChI=1S/C14H10BrF2NO2/c15-12-7-10(17)3-6-13(12)20-8-14(19)18-11-4-1-9(16)2-5-11/h1-7H,8H2,(H,18,19). The summed E-state index contributed by atoms with van der Waals surface area (Å²) in [6.45, 7) is -0.235. The number of ether oxygens (including phenoxy) is 1. The average molecular weight is 342 g/mol. The summed E-state index contributed by atoms with van der Waals surface area (Å²) in [7, 11) is 0. The summed E-state index contributed by atoms with van der Waals surface area (Å²) >= 11 is 3.13. The molecule has 2 rings (SSSR count). The predicted molar refractivity (Wildman–Crippen MR) is 74.6 cm³/mol. The normalized spacial score (nSPS) is 10.2. The highest BCUT2D eigenvalue weighted by Gasteiger charge is 2.07. The maximum atomic E-state index is 12.9. The van der Waals surface area contributed by atoms with Crippen LogP contribution in [0.15, 0.2) is 46.9 Å². The van der Waals surface area contributed by atoms with Gasteiger partial charge in [0.05, 0.1) is 4.47 Å². The Morgan fingerprint density at radius 2 is 1.75 bits per heavy atom. The van der Waals surface area contributed by atoms with Crippen molar-refractivity contribution in [2.24, 2.45) is 0 Å². The molecule has 2 aromatic rings. The summed E-state index contributed by atoms with van der Waals surface area (Å²) in [4.78, 5) is 11.6. The minimum Gasteiger partial charge on any atom is -0.483 e. The quantitative estimate of drug-likeness (QED) is 0.919. The van der Waals surface area contributed by atoms with Crippen molar-refractivity contribution in [2.45, 2.75) is 0 Å². The van der Waals surface area contributed by atoms with Gasteiger partial charge in [0.2, 0.25) is 0 Å². The summed E-state index contributed by atoms with van der Waals surface area (Å²) in [6, 6.07) is 9.28. The maximum absolute atomic E-state index is 12.9. The molecule has 1 amide bonds. The number of hydrogen-bond donors (Lipinski definition) is 1. The Morgan fingerprint density at radius 3 is 2.40 bits per heavy atom. The van der Waals surface area contributed by atoms with Crippen LogP contribution in [-0.4, -0.2) is 12.5 Å². The largest absolute Gasteiger partial charge is 0.483 e. The molecule has 0 heterocycles. The monoisotopic (exact) mass is 341 g/mol. The highest BCUT2D eigenvalue weighted by Crippen LogP contribution is 2.25. The molecule has 0 aliphatic heterocycles. The number of carbonyl (C=O) groups is 1. The number of benzene rings is 2. The molecule has 104 valence electrons. The van der Waals surface area contributed by atoms with Crippen molar-refractivity contribution in [3.63, 3.8) is 0 Å². The van der Waals surface area contributed by atoms with E-state index in [9.17, 15) is 13.6 Å². The number of rotatable bonds is 4. The third kappa shape index (κ3) is 4.03. The first-order chi connectivity index (χ1) is 9.54. The topological polar surface area (TPSA) is 38.3 Å². The van der Waals surface area contributed by atoms with Crippen molar-refractivity contribution in [3.05, 3.63) is 58.6 Å². The number of carbonyl (C=O) groups excluding carboxylic acids is 1. The van der Waals surface area contributed by atoms with Gasteiger partial charge in [-0.15, -0.1) is 0 Å². The minimum atomic E-state index is -0.403. The Balaban J connectivity index is 1.90. The molecule has 0 spiro atoms. The number of anilines is 1. The van der Waals surface area contributed by atoms with Crippen LogP contribution in [-0.2, 0) is 4.79 Å². The van der Waals surface area contributed by atoms with Gasteiger partial charge in [0.1, 0.15) is 17.4 Å². The zero-order valence-electron chi connectivity index (χ0n) is 10.2. The van der Waals surface area contributed by atoms with Gasteiger partial charge in [-0.1, -0.05) is 0 Å². The summed E-state index contributed by atoms with van der Waals surface area (Å²) in [5, 5.41) is 2.55. The molecular formula is C14H10BrF2NO2. The van der Waals surface area contributed by atoms with E-state index in [0.29, 0.717) is 15.9 Å². The molecule has 3 nitrogen and oxygen atoms in total. The number of halogens is 3. The summed E-state index contributed by atoms with van der Waals surface area (Å²) in [6.07, 6.45) is 0. The van der Waals surface area contributed by atoms with Gasteiger partial charge in [-0.2, -0.15) is 0 Å². The molecule has 0 bridgehead atoms. The fourth-order valence-corrected chi connectivity index (χ4v) is 1.93. The van der Waals surface area contributed by atoms with Crippen LogP contribution in [0.2, 0.25) is 0 Å². The molecule has 0 radical (unpaired) electrons. The molecule has 0 aliphatic rings. The first-order valence-corrected chi connectivity index (χ1v) is 6.47. The Hall–Kier alpha value is -1.95. The van der Waals surface area contributed by atoms with E-state index in [4.69, 9.17) is 4.74 Å². The second kappa shape index (κ2) is 6.47. The Morgan fingerprint density at radius 1 is 1.10 bits per heavy atom. The molecular weight excluding hydrogens is 332 g/mol. The van der Waals surface area contributed by atoms with Crippen LogP contribution in [0.1, 0.15) is 0 Å². The smallest absolute Gasteiger partial charge is 0.262 e. The van der Waals surface area contributed by atoms with E-state index in [2.05, 4.69) is 21.2 Å². The molecule has 0 saturated heterocycles. The molecule has 2 aromatic carbocycles. The van der Waals surface area contributed by atoms with Crippen LogP contribution >= 0.6 is 15.9 Å². The zero-order chi connectivity index (χ0) is 14.5.